The molecule has 10 heteroatoms. The van der Waals surface area contributed by atoms with Gasteiger partial charge in [-0.25, -0.2) is 0 Å². The van der Waals surface area contributed by atoms with Gasteiger partial charge in [-0.2, -0.15) is 13.2 Å². The summed E-state index contributed by atoms with van der Waals surface area (Å²) in [4.78, 5) is 40.5. The van der Waals surface area contributed by atoms with Crippen LogP contribution < -0.4 is 10.1 Å². The van der Waals surface area contributed by atoms with E-state index >= 15 is 0 Å². The number of likely N-dealkylation sites (tertiary alicyclic amines) is 1. The summed E-state index contributed by atoms with van der Waals surface area (Å²) in [6, 6.07) is 11.6. The standard InChI is InChI=1S/C29H32F3N3O4/c30-29(31,32)16-20-6-2-1-5-19(20)12-14-34-13-4-3-7-22(34)18-39-23-8-9-24-21(15-23)17-35(28(24)38)25-10-11-26(36)33-27(25)37/h1-2,5-6,8-9,15,22,25H,3-4,7,10-14,16-18H2,(H,33,36,37)/t22-,25?/m0/s1. The van der Waals surface area contributed by atoms with Crippen molar-refractivity contribution in [3.05, 3.63) is 64.7 Å². The minimum Gasteiger partial charge on any atom is -0.492 e. The fourth-order valence-electron chi connectivity index (χ4n) is 5.83. The van der Waals surface area contributed by atoms with Gasteiger partial charge in [0.15, 0.2) is 0 Å². The molecule has 1 unspecified atom stereocenters. The van der Waals surface area contributed by atoms with Crippen LogP contribution in [0.3, 0.4) is 0 Å². The number of imide groups is 1. The average molecular weight is 544 g/mol. The first kappa shape index (κ1) is 27.2. The first-order chi connectivity index (χ1) is 18.7. The molecule has 2 saturated heterocycles. The number of ether oxygens (including phenoxy) is 1. The van der Waals surface area contributed by atoms with Crippen LogP contribution in [-0.4, -0.2) is 65.5 Å². The van der Waals surface area contributed by atoms with Crippen LogP contribution in [-0.2, 0) is 29.0 Å². The van der Waals surface area contributed by atoms with Gasteiger partial charge in [0.25, 0.3) is 5.91 Å². The molecule has 3 amide bonds. The molecule has 2 atom stereocenters. The highest BCUT2D eigenvalue weighted by Crippen LogP contribution is 2.31. The molecule has 0 radical (unpaired) electrons. The van der Waals surface area contributed by atoms with E-state index in [1.165, 1.54) is 4.90 Å². The van der Waals surface area contributed by atoms with E-state index in [-0.39, 0.29) is 30.8 Å². The second-order valence-electron chi connectivity index (χ2n) is 10.5. The van der Waals surface area contributed by atoms with Crippen molar-refractivity contribution in [1.29, 1.82) is 0 Å². The maximum Gasteiger partial charge on any atom is 0.393 e. The molecule has 3 aliphatic rings. The van der Waals surface area contributed by atoms with Crippen molar-refractivity contribution in [3.8, 4) is 5.75 Å². The number of fused-ring (bicyclic) bond motifs is 1. The van der Waals surface area contributed by atoms with Gasteiger partial charge in [0, 0.05) is 31.1 Å². The van der Waals surface area contributed by atoms with Crippen molar-refractivity contribution in [1.82, 2.24) is 15.1 Å². The number of halogens is 3. The van der Waals surface area contributed by atoms with Gasteiger partial charge in [-0.1, -0.05) is 30.7 Å². The van der Waals surface area contributed by atoms with Crippen LogP contribution >= 0.6 is 0 Å². The zero-order valence-electron chi connectivity index (χ0n) is 21.6. The molecule has 1 N–H and O–H groups in total. The van der Waals surface area contributed by atoms with E-state index in [0.29, 0.717) is 42.9 Å². The number of carbonyl (C=O) groups excluding carboxylic acids is 3. The predicted octanol–water partition coefficient (Wildman–Crippen LogP) is 4.03. The molecule has 208 valence electrons. The van der Waals surface area contributed by atoms with Gasteiger partial charge < -0.3 is 9.64 Å². The number of rotatable bonds is 8. The first-order valence-corrected chi connectivity index (χ1v) is 13.5. The quantitative estimate of drug-likeness (QED) is 0.509. The third-order valence-corrected chi connectivity index (χ3v) is 7.86. The van der Waals surface area contributed by atoms with Crippen molar-refractivity contribution in [2.24, 2.45) is 0 Å². The molecule has 2 aromatic carbocycles. The smallest absolute Gasteiger partial charge is 0.393 e. The van der Waals surface area contributed by atoms with Crippen molar-refractivity contribution in [3.63, 3.8) is 0 Å². The number of nitrogens with one attached hydrogen (secondary N) is 1. The topological polar surface area (TPSA) is 79.0 Å². The van der Waals surface area contributed by atoms with Gasteiger partial charge in [-0.15, -0.1) is 0 Å². The summed E-state index contributed by atoms with van der Waals surface area (Å²) in [6.45, 7) is 2.25. The SMILES string of the molecule is O=C1CCC(N2Cc3cc(OC[C@@H]4CCCCN4CCc4ccccc4CC(F)(F)F)ccc3C2=O)C(=O)N1. The number of benzene rings is 2. The van der Waals surface area contributed by atoms with Crippen LogP contribution in [0, 0.1) is 0 Å². The minimum atomic E-state index is -4.24. The summed E-state index contributed by atoms with van der Waals surface area (Å²) >= 11 is 0. The van der Waals surface area contributed by atoms with Crippen LogP contribution in [0.4, 0.5) is 13.2 Å². The predicted molar refractivity (Wildman–Crippen MR) is 137 cm³/mol. The molecular formula is C29H32F3N3O4. The number of nitrogens with zero attached hydrogens (tertiary/aromatic N) is 2. The van der Waals surface area contributed by atoms with E-state index in [0.717, 1.165) is 36.9 Å². The Morgan fingerprint density at radius 1 is 1.00 bits per heavy atom. The van der Waals surface area contributed by atoms with E-state index < -0.39 is 24.5 Å². The summed E-state index contributed by atoms with van der Waals surface area (Å²) in [5, 5.41) is 2.31. The Balaban J connectivity index is 1.19. The minimum absolute atomic E-state index is 0.142. The highest BCUT2D eigenvalue weighted by molar-refractivity contribution is 6.05. The van der Waals surface area contributed by atoms with Crippen LogP contribution in [0.15, 0.2) is 42.5 Å². The van der Waals surface area contributed by atoms with Crippen LogP contribution in [0.1, 0.15) is 59.2 Å². The third-order valence-electron chi connectivity index (χ3n) is 7.86. The summed E-state index contributed by atoms with van der Waals surface area (Å²) in [6.07, 6.45) is -1.06. The number of piperidine rings is 2. The lowest BCUT2D eigenvalue weighted by molar-refractivity contribution is -0.137. The molecule has 0 saturated carbocycles. The van der Waals surface area contributed by atoms with Gasteiger partial charge in [0.1, 0.15) is 18.4 Å². The lowest BCUT2D eigenvalue weighted by Gasteiger charge is -2.35. The summed E-state index contributed by atoms with van der Waals surface area (Å²) in [5.74, 6) is -0.358. The van der Waals surface area contributed by atoms with Gasteiger partial charge in [0.05, 0.1) is 6.42 Å². The largest absolute Gasteiger partial charge is 0.492 e. The van der Waals surface area contributed by atoms with Gasteiger partial charge in [-0.05, 0) is 67.1 Å². The van der Waals surface area contributed by atoms with Crippen LogP contribution in [0.5, 0.6) is 5.75 Å². The molecule has 0 spiro atoms. The van der Waals surface area contributed by atoms with E-state index in [1.807, 2.05) is 6.07 Å². The highest BCUT2D eigenvalue weighted by atomic mass is 19.4. The Labute approximate surface area is 225 Å². The fraction of sp³-hybridized carbons (Fsp3) is 0.483. The van der Waals surface area contributed by atoms with Gasteiger partial charge in [0.2, 0.25) is 11.8 Å². The Morgan fingerprint density at radius 2 is 1.79 bits per heavy atom. The Morgan fingerprint density at radius 3 is 2.56 bits per heavy atom. The maximum absolute atomic E-state index is 13.0. The molecule has 5 rings (SSSR count). The Kier molecular flexibility index (Phi) is 7.93. The van der Waals surface area contributed by atoms with Crippen molar-refractivity contribution >= 4 is 17.7 Å². The summed E-state index contributed by atoms with van der Waals surface area (Å²) in [7, 11) is 0. The zero-order valence-corrected chi connectivity index (χ0v) is 21.6. The number of hydrogen-bond donors (Lipinski definition) is 1. The summed E-state index contributed by atoms with van der Waals surface area (Å²) in [5.41, 5.74) is 2.37. The third kappa shape index (κ3) is 6.43. The molecule has 0 aliphatic carbocycles. The molecule has 0 bridgehead atoms. The van der Waals surface area contributed by atoms with Crippen LogP contribution in [0.2, 0.25) is 0 Å². The highest BCUT2D eigenvalue weighted by Gasteiger charge is 2.39. The monoisotopic (exact) mass is 543 g/mol. The van der Waals surface area contributed by atoms with Crippen molar-refractivity contribution in [2.45, 2.75) is 69.8 Å². The van der Waals surface area contributed by atoms with Crippen LogP contribution in [0.25, 0.3) is 0 Å². The van der Waals surface area contributed by atoms with Gasteiger partial charge in [-0.3, -0.25) is 24.6 Å². The van der Waals surface area contributed by atoms with Crippen molar-refractivity contribution < 1.29 is 32.3 Å². The lowest BCUT2D eigenvalue weighted by Crippen LogP contribution is -2.52. The second-order valence-corrected chi connectivity index (χ2v) is 10.5. The second kappa shape index (κ2) is 11.4. The van der Waals surface area contributed by atoms with E-state index in [9.17, 15) is 27.6 Å². The van der Waals surface area contributed by atoms with E-state index in [4.69, 9.17) is 4.74 Å². The molecular weight excluding hydrogens is 511 g/mol. The molecule has 0 aromatic heterocycles. The summed E-state index contributed by atoms with van der Waals surface area (Å²) < 4.78 is 45.2. The molecule has 2 aromatic rings. The fourth-order valence-corrected chi connectivity index (χ4v) is 5.83. The van der Waals surface area contributed by atoms with E-state index in [1.54, 1.807) is 36.4 Å². The van der Waals surface area contributed by atoms with E-state index in [2.05, 4.69) is 10.2 Å². The average Bonchev–Trinajstić information content (AvgIpc) is 3.22. The number of alkyl halides is 3. The molecule has 3 heterocycles. The molecule has 7 nitrogen and oxygen atoms in total. The Hall–Kier alpha value is -3.40. The lowest BCUT2D eigenvalue weighted by atomic mass is 9.99. The molecule has 39 heavy (non-hydrogen) atoms. The molecule has 2 fully saturated rings. The zero-order chi connectivity index (χ0) is 27.6. The van der Waals surface area contributed by atoms with Gasteiger partial charge >= 0.3 is 6.18 Å². The number of amides is 3. The Bertz CT molecular complexity index is 1250. The first-order valence-electron chi connectivity index (χ1n) is 13.5. The number of carbonyl (C=O) groups is 3. The normalized spacial score (nSPS) is 22.1. The number of hydrogen-bond acceptors (Lipinski definition) is 5. The maximum atomic E-state index is 13.0. The van der Waals surface area contributed by atoms with Crippen molar-refractivity contribution in [2.75, 3.05) is 19.7 Å². The molecule has 3 aliphatic heterocycles.